The number of aromatic nitrogens is 1. The summed E-state index contributed by atoms with van der Waals surface area (Å²) >= 11 is 1.61. The topological polar surface area (TPSA) is 33.1 Å². The monoisotopic (exact) mass is 171 g/mol. The fourth-order valence-corrected chi connectivity index (χ4v) is 2.00. The van der Waals surface area contributed by atoms with E-state index in [-0.39, 0.29) is 6.61 Å². The van der Waals surface area contributed by atoms with Gasteiger partial charge in [-0.05, 0) is 12.8 Å². The van der Waals surface area contributed by atoms with Gasteiger partial charge in [-0.1, -0.05) is 13.8 Å². The number of hydrogen-bond acceptors (Lipinski definition) is 3. The minimum Gasteiger partial charge on any atom is -0.389 e. The molecule has 0 fully saturated rings. The van der Waals surface area contributed by atoms with Gasteiger partial charge in [0.25, 0.3) is 0 Å². The van der Waals surface area contributed by atoms with Crippen LogP contribution in [0.2, 0.25) is 0 Å². The van der Waals surface area contributed by atoms with E-state index in [1.54, 1.807) is 11.3 Å². The minimum atomic E-state index is 0.0677. The third-order valence-electron chi connectivity index (χ3n) is 1.54. The highest BCUT2D eigenvalue weighted by Gasteiger charge is 2.09. The molecular formula is C8H13NOS. The molecule has 0 atom stereocenters. The number of rotatable bonds is 2. The van der Waals surface area contributed by atoms with Crippen LogP contribution in [0.4, 0.5) is 0 Å². The SMILES string of the molecule is Cc1nc(CO)sc1C(C)C. The smallest absolute Gasteiger partial charge is 0.119 e. The first-order valence-electron chi connectivity index (χ1n) is 3.72. The third-order valence-corrected chi connectivity index (χ3v) is 2.98. The Kier molecular flexibility index (Phi) is 2.62. The van der Waals surface area contributed by atoms with Crippen molar-refractivity contribution in [3.63, 3.8) is 0 Å². The van der Waals surface area contributed by atoms with Crippen LogP contribution in [0.5, 0.6) is 0 Å². The molecule has 0 spiro atoms. The highest BCUT2D eigenvalue weighted by Crippen LogP contribution is 2.25. The lowest BCUT2D eigenvalue weighted by Crippen LogP contribution is -1.85. The van der Waals surface area contributed by atoms with Gasteiger partial charge in [-0.3, -0.25) is 0 Å². The molecule has 0 aromatic carbocycles. The van der Waals surface area contributed by atoms with Gasteiger partial charge < -0.3 is 5.11 Å². The molecule has 1 aromatic heterocycles. The van der Waals surface area contributed by atoms with Crippen molar-refractivity contribution in [3.8, 4) is 0 Å². The molecule has 0 unspecified atom stereocenters. The number of nitrogens with zero attached hydrogens (tertiary/aromatic N) is 1. The molecule has 0 saturated heterocycles. The fraction of sp³-hybridized carbons (Fsp3) is 0.625. The van der Waals surface area contributed by atoms with Crippen LogP contribution in [-0.4, -0.2) is 10.1 Å². The highest BCUT2D eigenvalue weighted by molar-refractivity contribution is 7.11. The summed E-state index contributed by atoms with van der Waals surface area (Å²) in [6, 6.07) is 0. The first-order chi connectivity index (χ1) is 5.15. The maximum Gasteiger partial charge on any atom is 0.119 e. The normalized spacial score (nSPS) is 11.0. The van der Waals surface area contributed by atoms with Gasteiger partial charge in [0.2, 0.25) is 0 Å². The molecule has 0 radical (unpaired) electrons. The zero-order valence-electron chi connectivity index (χ0n) is 7.09. The largest absolute Gasteiger partial charge is 0.389 e. The quantitative estimate of drug-likeness (QED) is 0.739. The van der Waals surface area contributed by atoms with Gasteiger partial charge in [-0.15, -0.1) is 11.3 Å². The van der Waals surface area contributed by atoms with Crippen LogP contribution in [0, 0.1) is 6.92 Å². The summed E-state index contributed by atoms with van der Waals surface area (Å²) in [7, 11) is 0. The van der Waals surface area contributed by atoms with Crippen LogP contribution in [-0.2, 0) is 6.61 Å². The van der Waals surface area contributed by atoms with Crippen molar-refractivity contribution in [1.29, 1.82) is 0 Å². The molecule has 2 nitrogen and oxygen atoms in total. The van der Waals surface area contributed by atoms with Crippen LogP contribution in [0.15, 0.2) is 0 Å². The summed E-state index contributed by atoms with van der Waals surface area (Å²) < 4.78 is 0. The molecular weight excluding hydrogens is 158 g/mol. The summed E-state index contributed by atoms with van der Waals surface area (Å²) in [4.78, 5) is 5.51. The second-order valence-electron chi connectivity index (χ2n) is 2.87. The molecule has 0 bridgehead atoms. The standard InChI is InChI=1S/C8H13NOS/c1-5(2)8-6(3)9-7(4-10)11-8/h5,10H,4H2,1-3H3. The molecule has 0 aliphatic carbocycles. The van der Waals surface area contributed by atoms with Crippen LogP contribution in [0.25, 0.3) is 0 Å². The Morgan fingerprint density at radius 2 is 2.18 bits per heavy atom. The van der Waals surface area contributed by atoms with Crippen molar-refractivity contribution in [3.05, 3.63) is 15.6 Å². The van der Waals surface area contributed by atoms with Gasteiger partial charge in [0.15, 0.2) is 0 Å². The zero-order chi connectivity index (χ0) is 8.43. The van der Waals surface area contributed by atoms with Gasteiger partial charge >= 0.3 is 0 Å². The predicted octanol–water partition coefficient (Wildman–Crippen LogP) is 2.07. The lowest BCUT2D eigenvalue weighted by molar-refractivity contribution is 0.281. The van der Waals surface area contributed by atoms with E-state index >= 15 is 0 Å². The molecule has 1 N–H and O–H groups in total. The number of aliphatic hydroxyl groups excluding tert-OH is 1. The van der Waals surface area contributed by atoms with Crippen LogP contribution in [0.1, 0.15) is 35.3 Å². The van der Waals surface area contributed by atoms with Crippen LogP contribution < -0.4 is 0 Å². The molecule has 0 amide bonds. The Morgan fingerprint density at radius 3 is 2.45 bits per heavy atom. The first-order valence-corrected chi connectivity index (χ1v) is 4.54. The molecule has 1 rings (SSSR count). The lowest BCUT2D eigenvalue weighted by Gasteiger charge is -1.99. The second-order valence-corrected chi connectivity index (χ2v) is 3.99. The predicted molar refractivity (Wildman–Crippen MR) is 46.9 cm³/mol. The molecule has 0 saturated carbocycles. The summed E-state index contributed by atoms with van der Waals surface area (Å²) in [5.74, 6) is 0.521. The maximum atomic E-state index is 8.81. The minimum absolute atomic E-state index is 0.0677. The van der Waals surface area contributed by atoms with Crippen molar-refractivity contribution in [2.24, 2.45) is 0 Å². The molecule has 1 aromatic rings. The molecule has 0 aliphatic heterocycles. The summed E-state index contributed by atoms with van der Waals surface area (Å²) in [5, 5.41) is 9.63. The Balaban J connectivity index is 2.97. The Morgan fingerprint density at radius 1 is 1.55 bits per heavy atom. The van der Waals surface area contributed by atoms with Crippen LogP contribution >= 0.6 is 11.3 Å². The van der Waals surface area contributed by atoms with E-state index < -0.39 is 0 Å². The summed E-state index contributed by atoms with van der Waals surface area (Å²) in [6.45, 7) is 6.34. The van der Waals surface area contributed by atoms with Gasteiger partial charge in [-0.25, -0.2) is 4.98 Å². The summed E-state index contributed by atoms with van der Waals surface area (Å²) in [5.41, 5.74) is 1.06. The van der Waals surface area contributed by atoms with Crippen molar-refractivity contribution in [2.45, 2.75) is 33.3 Å². The molecule has 11 heavy (non-hydrogen) atoms. The van der Waals surface area contributed by atoms with Gasteiger partial charge in [0, 0.05) is 4.88 Å². The Hall–Kier alpha value is -0.410. The Bertz CT molecular complexity index is 242. The average Bonchev–Trinajstić information content (AvgIpc) is 2.30. The lowest BCUT2D eigenvalue weighted by atomic mass is 10.1. The molecule has 1 heterocycles. The van der Waals surface area contributed by atoms with E-state index in [1.165, 1.54) is 4.88 Å². The number of hydrogen-bond donors (Lipinski definition) is 1. The Labute approximate surface area is 70.9 Å². The van der Waals surface area contributed by atoms with E-state index in [2.05, 4.69) is 18.8 Å². The zero-order valence-corrected chi connectivity index (χ0v) is 7.90. The van der Waals surface area contributed by atoms with Gasteiger partial charge in [-0.2, -0.15) is 0 Å². The van der Waals surface area contributed by atoms with Crippen molar-refractivity contribution in [1.82, 2.24) is 4.98 Å². The van der Waals surface area contributed by atoms with Crippen LogP contribution in [0.3, 0.4) is 0 Å². The van der Waals surface area contributed by atoms with Gasteiger partial charge in [0.05, 0.1) is 12.3 Å². The van der Waals surface area contributed by atoms with E-state index in [4.69, 9.17) is 5.11 Å². The van der Waals surface area contributed by atoms with E-state index in [1.807, 2.05) is 6.92 Å². The molecule has 0 aliphatic rings. The van der Waals surface area contributed by atoms with Crippen molar-refractivity contribution < 1.29 is 5.11 Å². The van der Waals surface area contributed by atoms with Crippen molar-refractivity contribution in [2.75, 3.05) is 0 Å². The van der Waals surface area contributed by atoms with Gasteiger partial charge in [0.1, 0.15) is 5.01 Å². The third kappa shape index (κ3) is 1.79. The molecule has 62 valence electrons. The number of thiazole rings is 1. The van der Waals surface area contributed by atoms with E-state index in [9.17, 15) is 0 Å². The molecule has 3 heteroatoms. The highest BCUT2D eigenvalue weighted by atomic mass is 32.1. The van der Waals surface area contributed by atoms with E-state index in [0.29, 0.717) is 5.92 Å². The number of aryl methyl sites for hydroxylation is 1. The van der Waals surface area contributed by atoms with Crippen molar-refractivity contribution >= 4 is 11.3 Å². The second kappa shape index (κ2) is 3.32. The average molecular weight is 171 g/mol. The summed E-state index contributed by atoms with van der Waals surface area (Å²) in [6.07, 6.45) is 0. The first kappa shape index (κ1) is 8.68. The van der Waals surface area contributed by atoms with E-state index in [0.717, 1.165) is 10.7 Å². The fourth-order valence-electron chi connectivity index (χ4n) is 1.07. The number of aliphatic hydroxyl groups is 1. The maximum absolute atomic E-state index is 8.81.